The highest BCUT2D eigenvalue weighted by Gasteiger charge is 2.13. The van der Waals surface area contributed by atoms with Crippen LogP contribution in [0.25, 0.3) is 0 Å². The second-order valence-corrected chi connectivity index (χ2v) is 1.30. The number of rotatable bonds is 0. The highest BCUT2D eigenvalue weighted by atomic mass is 16.3. The third-order valence-electron chi connectivity index (χ3n) is 0.848. The monoisotopic (exact) mass is 84.0 g/mol. The third kappa shape index (κ3) is 0.185. The van der Waals surface area contributed by atoms with Gasteiger partial charge in [0.2, 0.25) is 5.43 Å². The van der Waals surface area contributed by atoms with Crippen molar-refractivity contribution in [3.05, 3.63) is 15.8 Å². The molecule has 1 aromatic carbocycles. The van der Waals surface area contributed by atoms with Crippen molar-refractivity contribution in [3.8, 4) is 5.75 Å². The molecule has 0 aromatic heterocycles. The maximum Gasteiger partial charge on any atom is 0.227 e. The minimum atomic E-state index is -0.185. The Morgan fingerprint density at radius 3 is 1.83 bits per heavy atom. The van der Waals surface area contributed by atoms with E-state index < -0.39 is 0 Å². The molecule has 0 aliphatic rings. The van der Waals surface area contributed by atoms with Crippen molar-refractivity contribution in [2.45, 2.75) is 6.92 Å². The van der Waals surface area contributed by atoms with Gasteiger partial charge in [0.25, 0.3) is 0 Å². The number of aromatic hydroxyl groups is 1. The summed E-state index contributed by atoms with van der Waals surface area (Å²) < 4.78 is 0. The predicted molar refractivity (Wildman–Crippen MR) is 21.5 cm³/mol. The van der Waals surface area contributed by atoms with Gasteiger partial charge in [0, 0.05) is 5.56 Å². The van der Waals surface area contributed by atoms with Crippen molar-refractivity contribution in [3.63, 3.8) is 0 Å². The molecule has 0 spiro atoms. The Hall–Kier alpha value is -0.790. The second-order valence-electron chi connectivity index (χ2n) is 1.30. The van der Waals surface area contributed by atoms with Gasteiger partial charge in [-0.15, -0.1) is 0 Å². The SMILES string of the molecule is Cc1c(O)c1=O. The standard InChI is InChI=1S/C4H4O2/c1-2-3(5)4(2)6/h5H,1H3. The molecule has 0 aliphatic heterocycles. The lowest BCUT2D eigenvalue weighted by atomic mass is 10.6. The first-order valence-electron chi connectivity index (χ1n) is 1.68. The topological polar surface area (TPSA) is 37.3 Å². The van der Waals surface area contributed by atoms with Crippen molar-refractivity contribution in [2.75, 3.05) is 0 Å². The van der Waals surface area contributed by atoms with E-state index in [1.54, 1.807) is 6.92 Å². The zero-order valence-electron chi connectivity index (χ0n) is 3.36. The molecule has 32 valence electrons. The maximum atomic E-state index is 9.89. The van der Waals surface area contributed by atoms with Gasteiger partial charge >= 0.3 is 0 Å². The van der Waals surface area contributed by atoms with Gasteiger partial charge in [-0.2, -0.15) is 0 Å². The Kier molecular flexibility index (Phi) is 0.365. The summed E-state index contributed by atoms with van der Waals surface area (Å²) in [6.07, 6.45) is 0. The summed E-state index contributed by atoms with van der Waals surface area (Å²) in [7, 11) is 0. The summed E-state index contributed by atoms with van der Waals surface area (Å²) in [5.41, 5.74) is 0.324. The molecule has 0 heterocycles. The Morgan fingerprint density at radius 2 is 1.83 bits per heavy atom. The first-order chi connectivity index (χ1) is 2.73. The van der Waals surface area contributed by atoms with E-state index in [1.165, 1.54) is 0 Å². The van der Waals surface area contributed by atoms with Crippen molar-refractivity contribution in [1.82, 2.24) is 0 Å². The lowest BCUT2D eigenvalue weighted by Crippen LogP contribution is -1.69. The largest absolute Gasteiger partial charge is 0.504 e. The van der Waals surface area contributed by atoms with Gasteiger partial charge in [0.15, 0.2) is 5.75 Å². The quantitative estimate of drug-likeness (QED) is 0.478. The smallest absolute Gasteiger partial charge is 0.227 e. The highest BCUT2D eigenvalue weighted by molar-refractivity contribution is 5.43. The van der Waals surface area contributed by atoms with Crippen LogP contribution in [0, 0.1) is 6.92 Å². The van der Waals surface area contributed by atoms with Crippen LogP contribution in [-0.4, -0.2) is 5.11 Å². The molecule has 0 aliphatic carbocycles. The lowest BCUT2D eigenvalue weighted by Gasteiger charge is -1.54. The summed E-state index contributed by atoms with van der Waals surface area (Å²) in [6, 6.07) is 0. The predicted octanol–water partition coefficient (Wildman–Crippen LogP) is -0.0636. The molecular weight excluding hydrogens is 80.0 g/mol. The third-order valence-corrected chi connectivity index (χ3v) is 0.848. The lowest BCUT2D eigenvalue weighted by molar-refractivity contribution is 0.487. The highest BCUT2D eigenvalue weighted by Crippen LogP contribution is 2.12. The zero-order valence-corrected chi connectivity index (χ0v) is 3.36. The first kappa shape index (κ1) is 3.40. The van der Waals surface area contributed by atoms with Crippen LogP contribution in [0.3, 0.4) is 0 Å². The molecule has 0 unspecified atom stereocenters. The molecule has 0 saturated heterocycles. The molecule has 1 rings (SSSR count). The molecule has 0 bridgehead atoms. The van der Waals surface area contributed by atoms with Gasteiger partial charge in [-0.05, 0) is 6.92 Å². The molecule has 0 saturated carbocycles. The minimum Gasteiger partial charge on any atom is -0.504 e. The van der Waals surface area contributed by atoms with Crippen LogP contribution in [0.4, 0.5) is 0 Å². The molecule has 1 aromatic rings. The molecule has 1 N–H and O–H groups in total. The van der Waals surface area contributed by atoms with E-state index in [0.717, 1.165) is 0 Å². The van der Waals surface area contributed by atoms with E-state index in [0.29, 0.717) is 5.56 Å². The Labute approximate surface area is 34.7 Å². The van der Waals surface area contributed by atoms with Crippen molar-refractivity contribution in [1.29, 1.82) is 0 Å². The van der Waals surface area contributed by atoms with Gasteiger partial charge in [-0.25, -0.2) is 0 Å². The van der Waals surface area contributed by atoms with Gasteiger partial charge in [-0.1, -0.05) is 0 Å². The van der Waals surface area contributed by atoms with Gasteiger partial charge in [0.1, 0.15) is 0 Å². The van der Waals surface area contributed by atoms with Gasteiger partial charge in [0.05, 0.1) is 0 Å². The maximum absolute atomic E-state index is 9.89. The fourth-order valence-electron chi connectivity index (χ4n) is 0.246. The molecule has 2 nitrogen and oxygen atoms in total. The summed E-state index contributed by atoms with van der Waals surface area (Å²) >= 11 is 0. The summed E-state index contributed by atoms with van der Waals surface area (Å²) in [5, 5.41) is 8.23. The second kappa shape index (κ2) is 0.644. The molecule has 0 fully saturated rings. The molecule has 0 atom stereocenters. The fourth-order valence-corrected chi connectivity index (χ4v) is 0.246. The zero-order chi connectivity index (χ0) is 4.73. The molecule has 6 heavy (non-hydrogen) atoms. The van der Waals surface area contributed by atoms with E-state index >= 15 is 0 Å². The van der Waals surface area contributed by atoms with Crippen LogP contribution < -0.4 is 5.43 Å². The van der Waals surface area contributed by atoms with E-state index in [2.05, 4.69) is 0 Å². The van der Waals surface area contributed by atoms with Crippen molar-refractivity contribution >= 4 is 0 Å². The van der Waals surface area contributed by atoms with Gasteiger partial charge in [-0.3, -0.25) is 4.79 Å². The fraction of sp³-hybridized carbons (Fsp3) is 0.250. The average molecular weight is 84.1 g/mol. The molecule has 2 heteroatoms. The van der Waals surface area contributed by atoms with E-state index in [4.69, 9.17) is 5.11 Å². The van der Waals surface area contributed by atoms with Crippen LogP contribution in [0.2, 0.25) is 0 Å². The van der Waals surface area contributed by atoms with E-state index in [-0.39, 0.29) is 11.2 Å². The number of hydrogen-bond acceptors (Lipinski definition) is 2. The molecular formula is C4H4O2. The normalized spacial score (nSPS) is 10.2. The van der Waals surface area contributed by atoms with Gasteiger partial charge < -0.3 is 5.11 Å². The summed E-state index contributed by atoms with van der Waals surface area (Å²) in [6.45, 7) is 1.59. The van der Waals surface area contributed by atoms with E-state index in [9.17, 15) is 4.79 Å². The van der Waals surface area contributed by atoms with Crippen LogP contribution in [0.15, 0.2) is 4.79 Å². The first-order valence-corrected chi connectivity index (χ1v) is 1.68. The number of hydrogen-bond donors (Lipinski definition) is 1. The van der Waals surface area contributed by atoms with Crippen LogP contribution in [-0.2, 0) is 0 Å². The van der Waals surface area contributed by atoms with Crippen molar-refractivity contribution < 1.29 is 5.11 Å². The van der Waals surface area contributed by atoms with Crippen LogP contribution in [0.1, 0.15) is 5.56 Å². The van der Waals surface area contributed by atoms with Crippen LogP contribution in [0.5, 0.6) is 5.75 Å². The molecule has 0 radical (unpaired) electrons. The summed E-state index contributed by atoms with van der Waals surface area (Å²) in [4.78, 5) is 9.89. The Bertz CT molecular complexity index is 152. The average Bonchev–Trinajstić information content (AvgIpc) is 1.94. The summed E-state index contributed by atoms with van der Waals surface area (Å²) in [5.74, 6) is -0.0463. The Morgan fingerprint density at radius 1 is 1.67 bits per heavy atom. The minimum absolute atomic E-state index is 0.0463. The molecule has 0 amide bonds. The van der Waals surface area contributed by atoms with Crippen LogP contribution >= 0.6 is 0 Å². The van der Waals surface area contributed by atoms with E-state index in [1.807, 2.05) is 0 Å². The Balaban J connectivity index is 3.11. The van der Waals surface area contributed by atoms with Crippen molar-refractivity contribution in [2.24, 2.45) is 0 Å².